The zero-order chi connectivity index (χ0) is 71.2. The Balaban J connectivity index is 0.000000226. The van der Waals surface area contributed by atoms with Gasteiger partial charge in [0.1, 0.15) is 22.6 Å². The average Bonchev–Trinajstić information content (AvgIpc) is 0.715. The van der Waals surface area contributed by atoms with Gasteiger partial charge in [0.05, 0.1) is 48.4 Å². The fourth-order valence-electron chi connectivity index (χ4n) is 12.6. The monoisotopic (exact) mass is 1360 g/mol. The molecule has 0 aromatic heterocycles. The van der Waals surface area contributed by atoms with Crippen molar-refractivity contribution in [3.8, 4) is 5.75 Å². The highest BCUT2D eigenvalue weighted by Crippen LogP contribution is 2.64. The predicted octanol–water partition coefficient (Wildman–Crippen LogP) is 18.0. The Kier molecular flexibility index (Phi) is 27.8. The molecule has 13 nitrogen and oxygen atoms in total. The van der Waals surface area contributed by atoms with E-state index in [1.54, 1.807) is 26.0 Å². The summed E-state index contributed by atoms with van der Waals surface area (Å²) in [6.45, 7) is 36.3. The molecule has 10 rings (SSSR count). The first-order chi connectivity index (χ1) is 44.0. The molecule has 1 saturated heterocycles. The highest BCUT2D eigenvalue weighted by molar-refractivity contribution is 7.97. The highest BCUT2D eigenvalue weighted by Gasteiger charge is 2.64. The maximum Gasteiger partial charge on any atom is 0.426 e. The summed E-state index contributed by atoms with van der Waals surface area (Å²) in [5.41, 5.74) is -1.32. The summed E-state index contributed by atoms with van der Waals surface area (Å²) in [6.07, 6.45) is 3.36. The maximum atomic E-state index is 13.3. The third-order valence-electron chi connectivity index (χ3n) is 20.4. The van der Waals surface area contributed by atoms with Crippen molar-refractivity contribution in [2.75, 3.05) is 18.8 Å². The van der Waals surface area contributed by atoms with Gasteiger partial charge in [0.15, 0.2) is 14.7 Å². The molecule has 6 fully saturated rings. The number of phenolic OH excluding ortho intramolecular Hbond substituents is 1. The number of halogens is 3. The van der Waals surface area contributed by atoms with Crippen LogP contribution in [0.15, 0.2) is 124 Å². The quantitative estimate of drug-likeness (QED) is 0.0390. The molecule has 95 heavy (non-hydrogen) atoms. The summed E-state index contributed by atoms with van der Waals surface area (Å²) in [4.78, 5) is 53.7. The molecule has 530 valence electrons. The summed E-state index contributed by atoms with van der Waals surface area (Å²) in [6, 6.07) is 38.2. The van der Waals surface area contributed by atoms with Crippen LogP contribution in [-0.4, -0.2) is 89.9 Å². The number of benzene rings is 4. The molecule has 0 radical (unpaired) electrons. The molecule has 4 aromatic carbocycles. The zero-order valence-corrected chi connectivity index (χ0v) is 61.5. The lowest BCUT2D eigenvalue weighted by Gasteiger charge is -2.60. The number of hydrogen-bond acceptors (Lipinski definition) is 13. The number of aromatic hydroxyl groups is 1. The summed E-state index contributed by atoms with van der Waals surface area (Å²) in [7, 11) is -5.32. The van der Waals surface area contributed by atoms with Crippen LogP contribution in [0.5, 0.6) is 5.75 Å². The topological polar surface area (TPSA) is 195 Å². The van der Waals surface area contributed by atoms with Crippen molar-refractivity contribution in [1.82, 2.24) is 5.32 Å². The number of hydrogen-bond donors (Lipinski definition) is 2. The predicted molar refractivity (Wildman–Crippen MR) is 370 cm³/mol. The Morgan fingerprint density at radius 2 is 1.09 bits per heavy atom. The van der Waals surface area contributed by atoms with Gasteiger partial charge in [0.2, 0.25) is 6.10 Å². The van der Waals surface area contributed by atoms with Gasteiger partial charge in [0, 0.05) is 25.4 Å². The lowest BCUT2D eigenvalue weighted by atomic mass is 9.48. The molecule has 5 aliphatic carbocycles. The van der Waals surface area contributed by atoms with Crippen LogP contribution in [0, 0.1) is 39.4 Å². The summed E-state index contributed by atoms with van der Waals surface area (Å²) >= 11 is 0. The van der Waals surface area contributed by atoms with Crippen LogP contribution in [0.1, 0.15) is 231 Å². The van der Waals surface area contributed by atoms with Crippen LogP contribution >= 0.6 is 0 Å². The molecule has 1 aliphatic heterocycles. The zero-order valence-electron chi connectivity index (χ0n) is 59.9. The first-order valence-corrected chi connectivity index (χ1v) is 37.1. The van der Waals surface area contributed by atoms with Crippen LogP contribution in [0.25, 0.3) is 0 Å². The Hall–Kier alpha value is -5.43. The van der Waals surface area contributed by atoms with Crippen molar-refractivity contribution < 1.29 is 69.4 Å². The highest BCUT2D eigenvalue weighted by atomic mass is 32.2. The SMILES string of the molecule is CC(C)(C)c1ccc([S+](c2ccccc2)c2ccccc2)cc1.CCC(C)(C)C(=O)OC(C)(C)C1CNC1.CCC(C)(C)C(=O)OC1(C)CCCCC1.CCC(C)(C)C(=O)OC12CC3CC(C1)CC(C(=O)OC(CS(=O)(=O)[O-])C(F)(F)F)(C3)C2.CCC(C)c1ccc(O)cc1. The minimum absolute atomic E-state index is 0.00100. The van der Waals surface area contributed by atoms with Crippen molar-refractivity contribution in [3.63, 3.8) is 0 Å². The minimum atomic E-state index is -5.27. The first kappa shape index (κ1) is 80.3. The van der Waals surface area contributed by atoms with Gasteiger partial charge in [-0.2, -0.15) is 13.2 Å². The third-order valence-corrected chi connectivity index (χ3v) is 23.3. The molecule has 4 unspecified atom stereocenters. The van der Waals surface area contributed by atoms with Crippen LogP contribution in [-0.2, 0) is 64.6 Å². The first-order valence-electron chi connectivity index (χ1n) is 34.3. The molecule has 5 saturated carbocycles. The normalized spacial score (nSPS) is 21.6. The molecule has 1 heterocycles. The molecule has 0 spiro atoms. The number of rotatable bonds is 19. The molecule has 0 amide bonds. The van der Waals surface area contributed by atoms with Crippen molar-refractivity contribution in [2.45, 2.75) is 269 Å². The van der Waals surface area contributed by atoms with Gasteiger partial charge in [-0.05, 0) is 229 Å². The van der Waals surface area contributed by atoms with E-state index in [0.29, 0.717) is 49.7 Å². The Morgan fingerprint density at radius 1 is 0.642 bits per heavy atom. The van der Waals surface area contributed by atoms with E-state index in [9.17, 15) is 45.3 Å². The lowest BCUT2D eigenvalue weighted by Crippen LogP contribution is -2.61. The maximum absolute atomic E-state index is 13.3. The second-order valence-electron chi connectivity index (χ2n) is 31.0. The Bertz CT molecular complexity index is 3120. The van der Waals surface area contributed by atoms with Crippen molar-refractivity contribution in [2.24, 2.45) is 39.4 Å². The molecular weight excluding hydrogens is 1250 g/mol. The Morgan fingerprint density at radius 3 is 1.51 bits per heavy atom. The largest absolute Gasteiger partial charge is 0.748 e. The van der Waals surface area contributed by atoms with Gasteiger partial charge in [-0.25, -0.2) is 8.42 Å². The van der Waals surface area contributed by atoms with E-state index in [4.69, 9.17) is 19.3 Å². The van der Waals surface area contributed by atoms with Gasteiger partial charge < -0.3 is 33.9 Å². The second kappa shape index (κ2) is 33.0. The molecule has 6 aliphatic rings. The third kappa shape index (κ3) is 23.1. The van der Waals surface area contributed by atoms with E-state index in [2.05, 4.69) is 137 Å². The standard InChI is InChI=1S/C22H23S.C20H29F3O7S.C13H24O2.C12H23NO2.C10H14O/c1-22(2,3)18-14-16-21(17-15-18)23(19-10-6-4-7-11-19)20-12-8-5-9-13-20;1-4-17(2,3)15(24)30-19-8-12-5-13(9-19)7-18(6-12,11-19)16(25)29-14(20(21,22)23)10-31(26,27)28;1-5-12(2,3)11(14)15-13(4)9-7-6-8-10-13;1-6-11(2,3)10(14)15-12(4,5)9-7-13-8-9;1-3-8(2)9-4-6-10(11)7-5-9/h4-17H,1-3H3;12-14H,4-11H2,1-3H3,(H,26,27,28);5-10H2,1-4H3;9,13H,6-8H2,1-5H3;4-8,11H,3H2,1-2H3/q+1;;;;/p-1. The van der Waals surface area contributed by atoms with Crippen LogP contribution < -0.4 is 5.32 Å². The molecule has 2 N–H and O–H groups in total. The average molecular weight is 1360 g/mol. The van der Waals surface area contributed by atoms with Crippen LogP contribution in [0.2, 0.25) is 0 Å². The van der Waals surface area contributed by atoms with E-state index in [0.717, 1.165) is 51.6 Å². The Labute approximate surface area is 570 Å². The lowest BCUT2D eigenvalue weighted by molar-refractivity contribution is -0.239. The van der Waals surface area contributed by atoms with Crippen LogP contribution in [0.4, 0.5) is 13.2 Å². The van der Waals surface area contributed by atoms with E-state index in [-0.39, 0.29) is 68.5 Å². The summed E-state index contributed by atoms with van der Waals surface area (Å²) in [5, 5.41) is 12.2. The second-order valence-corrected chi connectivity index (χ2v) is 34.5. The fourth-order valence-corrected chi connectivity index (χ4v) is 15.3. The van der Waals surface area contributed by atoms with E-state index >= 15 is 0 Å². The number of esters is 4. The van der Waals surface area contributed by atoms with Gasteiger partial charge in [0.25, 0.3) is 0 Å². The number of carbonyl (C=O) groups is 4. The number of carbonyl (C=O) groups excluding carboxylic acids is 4. The fraction of sp³-hybridized carbons (Fsp3) is 0.636. The molecule has 4 atom stereocenters. The number of nitrogens with one attached hydrogen (secondary N) is 1. The number of phenols is 1. The van der Waals surface area contributed by atoms with Gasteiger partial charge in [-0.15, -0.1) is 0 Å². The smallest absolute Gasteiger partial charge is 0.426 e. The minimum Gasteiger partial charge on any atom is -0.748 e. The summed E-state index contributed by atoms with van der Waals surface area (Å²) < 4.78 is 94.3. The summed E-state index contributed by atoms with van der Waals surface area (Å²) in [5.74, 6) is -2.17. The molecule has 4 aromatic rings. The number of ether oxygens (including phenoxy) is 4. The van der Waals surface area contributed by atoms with Gasteiger partial charge in [-0.1, -0.05) is 122 Å². The number of alkyl halides is 3. The molecule has 18 heteroatoms. The molecule has 4 bridgehead atoms. The molecular formula is C77H112F3NO12S2. The van der Waals surface area contributed by atoms with E-state index in [1.165, 1.54) is 45.1 Å². The van der Waals surface area contributed by atoms with Crippen molar-refractivity contribution in [3.05, 3.63) is 120 Å². The van der Waals surface area contributed by atoms with Crippen molar-refractivity contribution in [1.29, 1.82) is 0 Å². The van der Waals surface area contributed by atoms with Crippen LogP contribution in [0.3, 0.4) is 0 Å². The van der Waals surface area contributed by atoms with Gasteiger partial charge in [-0.3, -0.25) is 19.2 Å². The van der Waals surface area contributed by atoms with E-state index in [1.807, 2.05) is 74.4 Å². The van der Waals surface area contributed by atoms with E-state index < -0.39 is 56.5 Å². The van der Waals surface area contributed by atoms with Gasteiger partial charge >= 0.3 is 30.1 Å². The van der Waals surface area contributed by atoms with Crippen molar-refractivity contribution >= 4 is 44.9 Å².